The highest BCUT2D eigenvalue weighted by molar-refractivity contribution is 5.68. The maximum absolute atomic E-state index is 12.1. The van der Waals surface area contributed by atoms with Gasteiger partial charge in [0.2, 0.25) is 0 Å². The summed E-state index contributed by atoms with van der Waals surface area (Å²) >= 11 is 0. The number of alkyl carbamates (subject to hydrolysis) is 1. The smallest absolute Gasteiger partial charge is 0.408 e. The van der Waals surface area contributed by atoms with Gasteiger partial charge in [0.05, 0.1) is 5.54 Å². The number of amides is 1. The van der Waals surface area contributed by atoms with Crippen molar-refractivity contribution >= 4 is 6.09 Å². The van der Waals surface area contributed by atoms with Gasteiger partial charge < -0.3 is 15.4 Å². The Hall–Kier alpha value is -0.770. The highest BCUT2D eigenvalue weighted by atomic mass is 16.6. The quantitative estimate of drug-likeness (QED) is 0.750. The molecule has 21 heavy (non-hydrogen) atoms. The van der Waals surface area contributed by atoms with Crippen LogP contribution in [-0.2, 0) is 4.74 Å². The maximum Gasteiger partial charge on any atom is 0.408 e. The molecule has 1 rings (SSSR count). The lowest BCUT2D eigenvalue weighted by atomic mass is 9.91. The van der Waals surface area contributed by atoms with E-state index in [0.29, 0.717) is 11.5 Å². The first-order chi connectivity index (χ1) is 9.56. The molecule has 0 bridgehead atoms. The van der Waals surface area contributed by atoms with E-state index in [4.69, 9.17) is 4.74 Å². The largest absolute Gasteiger partial charge is 0.444 e. The van der Waals surface area contributed by atoms with Gasteiger partial charge in [-0.2, -0.15) is 0 Å². The van der Waals surface area contributed by atoms with Gasteiger partial charge in [0, 0.05) is 12.6 Å². The van der Waals surface area contributed by atoms with Crippen molar-refractivity contribution in [2.45, 2.75) is 91.3 Å². The van der Waals surface area contributed by atoms with E-state index in [1.54, 1.807) is 0 Å². The second-order valence-corrected chi connectivity index (χ2v) is 7.87. The molecule has 0 aromatic rings. The minimum atomic E-state index is -0.459. The van der Waals surface area contributed by atoms with Gasteiger partial charge in [0.1, 0.15) is 5.60 Å². The minimum Gasteiger partial charge on any atom is -0.444 e. The zero-order chi connectivity index (χ0) is 16.3. The van der Waals surface area contributed by atoms with Crippen molar-refractivity contribution in [3.05, 3.63) is 0 Å². The Bertz CT molecular complexity index is 352. The zero-order valence-corrected chi connectivity index (χ0v) is 14.9. The number of carbonyl (C=O) groups is 1. The van der Waals surface area contributed by atoms with Gasteiger partial charge in [-0.05, 0) is 58.8 Å². The molecule has 4 nitrogen and oxygen atoms in total. The lowest BCUT2D eigenvalue weighted by Gasteiger charge is -2.36. The molecule has 1 fully saturated rings. The summed E-state index contributed by atoms with van der Waals surface area (Å²) in [5.41, 5.74) is -0.250. The Kier molecular flexibility index (Phi) is 5.70. The molecular formula is C17H34N2O2. The molecule has 2 N–H and O–H groups in total. The molecule has 1 saturated carbocycles. The predicted molar refractivity (Wildman–Crippen MR) is 87.5 cm³/mol. The molecule has 1 atom stereocenters. The van der Waals surface area contributed by atoms with Crippen LogP contribution in [0.4, 0.5) is 4.79 Å². The lowest BCUT2D eigenvalue weighted by Crippen LogP contribution is -2.56. The first-order valence-electron chi connectivity index (χ1n) is 8.30. The Balaban J connectivity index is 2.58. The fourth-order valence-corrected chi connectivity index (χ4v) is 2.47. The van der Waals surface area contributed by atoms with Crippen LogP contribution in [-0.4, -0.2) is 29.8 Å². The van der Waals surface area contributed by atoms with Crippen molar-refractivity contribution in [1.29, 1.82) is 0 Å². The van der Waals surface area contributed by atoms with Crippen LogP contribution >= 0.6 is 0 Å². The molecule has 1 unspecified atom stereocenters. The van der Waals surface area contributed by atoms with Crippen LogP contribution in [0, 0.1) is 5.41 Å². The molecule has 0 heterocycles. The molecule has 0 spiro atoms. The summed E-state index contributed by atoms with van der Waals surface area (Å²) in [4.78, 5) is 12.1. The summed E-state index contributed by atoms with van der Waals surface area (Å²) in [6.07, 6.45) is 4.05. The van der Waals surface area contributed by atoms with Crippen molar-refractivity contribution in [3.8, 4) is 0 Å². The monoisotopic (exact) mass is 298 g/mol. The van der Waals surface area contributed by atoms with Gasteiger partial charge >= 0.3 is 6.09 Å². The van der Waals surface area contributed by atoms with Crippen LogP contribution < -0.4 is 10.6 Å². The molecule has 0 aromatic carbocycles. The number of hydrogen-bond donors (Lipinski definition) is 2. The average molecular weight is 298 g/mol. The number of nitrogens with one attached hydrogen (secondary N) is 2. The first-order valence-corrected chi connectivity index (χ1v) is 8.30. The van der Waals surface area contributed by atoms with Crippen LogP contribution in [0.15, 0.2) is 0 Å². The number of hydrogen-bond acceptors (Lipinski definition) is 3. The summed E-state index contributed by atoms with van der Waals surface area (Å²) in [5, 5.41) is 6.72. The van der Waals surface area contributed by atoms with Gasteiger partial charge in [-0.1, -0.05) is 20.8 Å². The summed E-state index contributed by atoms with van der Waals surface area (Å²) in [7, 11) is 0. The fourth-order valence-electron chi connectivity index (χ4n) is 2.47. The van der Waals surface area contributed by atoms with Crippen molar-refractivity contribution in [1.82, 2.24) is 10.6 Å². The Morgan fingerprint density at radius 1 is 1.24 bits per heavy atom. The lowest BCUT2D eigenvalue weighted by molar-refractivity contribution is 0.0443. The highest BCUT2D eigenvalue weighted by Crippen LogP contribution is 2.48. The summed E-state index contributed by atoms with van der Waals surface area (Å²) in [5.74, 6) is 0. The number of carbonyl (C=O) groups excluding carboxylic acids is 1. The first kappa shape index (κ1) is 18.3. The van der Waals surface area contributed by atoms with Gasteiger partial charge in [0.15, 0.2) is 0 Å². The predicted octanol–water partition coefficient (Wildman–Crippen LogP) is 3.85. The van der Waals surface area contributed by atoms with Crippen LogP contribution in [0.2, 0.25) is 0 Å². The van der Waals surface area contributed by atoms with E-state index < -0.39 is 5.60 Å². The Labute approximate surface area is 130 Å². The molecule has 0 radical (unpaired) electrons. The average Bonchev–Trinajstić information content (AvgIpc) is 3.11. The van der Waals surface area contributed by atoms with Crippen LogP contribution in [0.5, 0.6) is 0 Å². The Morgan fingerprint density at radius 2 is 1.76 bits per heavy atom. The molecule has 124 valence electrons. The van der Waals surface area contributed by atoms with E-state index >= 15 is 0 Å². The Morgan fingerprint density at radius 3 is 2.14 bits per heavy atom. The normalized spacial score (nSPS) is 19.0. The van der Waals surface area contributed by atoms with E-state index in [0.717, 1.165) is 19.4 Å². The van der Waals surface area contributed by atoms with Crippen molar-refractivity contribution < 1.29 is 9.53 Å². The molecule has 0 saturated heterocycles. The molecule has 1 aliphatic rings. The summed E-state index contributed by atoms with van der Waals surface area (Å²) in [6, 6.07) is 0.482. The van der Waals surface area contributed by atoms with Crippen LogP contribution in [0.1, 0.15) is 74.1 Å². The zero-order valence-electron chi connectivity index (χ0n) is 14.9. The van der Waals surface area contributed by atoms with E-state index in [9.17, 15) is 4.79 Å². The summed E-state index contributed by atoms with van der Waals surface area (Å²) in [6.45, 7) is 15.3. The summed E-state index contributed by atoms with van der Waals surface area (Å²) < 4.78 is 5.41. The third kappa shape index (κ3) is 5.50. The third-order valence-corrected chi connectivity index (χ3v) is 4.95. The molecular weight excluding hydrogens is 264 g/mol. The van der Waals surface area contributed by atoms with Crippen molar-refractivity contribution in [2.75, 3.05) is 6.54 Å². The van der Waals surface area contributed by atoms with Crippen LogP contribution in [0.25, 0.3) is 0 Å². The van der Waals surface area contributed by atoms with Gasteiger partial charge in [0.25, 0.3) is 0 Å². The molecule has 1 aliphatic carbocycles. The fraction of sp³-hybridized carbons (Fsp3) is 0.941. The van der Waals surface area contributed by atoms with Crippen molar-refractivity contribution in [3.63, 3.8) is 0 Å². The molecule has 1 amide bonds. The number of rotatable bonds is 7. The standard InChI is InChI=1S/C17H34N2O2/c1-8-17(9-2,19-14(20)21-15(4,5)6)12-18-13(3)16(7)10-11-16/h13,18H,8-12H2,1-7H3,(H,19,20). The second-order valence-electron chi connectivity index (χ2n) is 7.87. The molecule has 0 aliphatic heterocycles. The van der Waals surface area contributed by atoms with Gasteiger partial charge in [-0.3, -0.25) is 0 Å². The van der Waals surface area contributed by atoms with Crippen LogP contribution in [0.3, 0.4) is 0 Å². The maximum atomic E-state index is 12.1. The van der Waals surface area contributed by atoms with E-state index in [-0.39, 0.29) is 11.6 Å². The van der Waals surface area contributed by atoms with Gasteiger partial charge in [-0.15, -0.1) is 0 Å². The number of ether oxygens (including phenoxy) is 1. The second kappa shape index (κ2) is 6.55. The molecule has 4 heteroatoms. The van der Waals surface area contributed by atoms with E-state index in [1.165, 1.54) is 12.8 Å². The topological polar surface area (TPSA) is 50.4 Å². The van der Waals surface area contributed by atoms with Crippen molar-refractivity contribution in [2.24, 2.45) is 5.41 Å². The molecule has 0 aromatic heterocycles. The third-order valence-electron chi connectivity index (χ3n) is 4.95. The highest BCUT2D eigenvalue weighted by Gasteiger charge is 2.43. The SMILES string of the molecule is CCC(CC)(CNC(C)C1(C)CC1)NC(=O)OC(C)(C)C. The van der Waals surface area contributed by atoms with Gasteiger partial charge in [-0.25, -0.2) is 4.79 Å². The minimum absolute atomic E-state index is 0.234. The van der Waals surface area contributed by atoms with E-state index in [1.807, 2.05) is 20.8 Å². The van der Waals surface area contributed by atoms with E-state index in [2.05, 4.69) is 38.3 Å².